The van der Waals surface area contributed by atoms with E-state index < -0.39 is 4.92 Å². The van der Waals surface area contributed by atoms with Gasteiger partial charge in [0.25, 0.3) is 0 Å². The van der Waals surface area contributed by atoms with Crippen LogP contribution in [-0.4, -0.2) is 20.6 Å². The normalized spacial score (nSPS) is 11.0. The smallest absolute Gasteiger partial charge is 0.401 e. The highest BCUT2D eigenvalue weighted by Gasteiger charge is 2.11. The Labute approximate surface area is 130 Å². The van der Waals surface area contributed by atoms with Crippen LogP contribution in [0.4, 0.5) is 5.88 Å². The van der Waals surface area contributed by atoms with Crippen LogP contribution >= 0.6 is 11.6 Å². The zero-order valence-electron chi connectivity index (χ0n) is 11.7. The molecule has 0 unspecified atom stereocenters. The summed E-state index contributed by atoms with van der Waals surface area (Å²) < 4.78 is 6.58. The van der Waals surface area contributed by atoms with Crippen LogP contribution in [0, 0.1) is 10.1 Å². The fraction of sp³-hybridized carbons (Fsp3) is 0.231. The van der Waals surface area contributed by atoms with Crippen LogP contribution < -0.4 is 5.32 Å². The summed E-state index contributed by atoms with van der Waals surface area (Å²) in [6.45, 7) is 2.79. The topological polar surface area (TPSA) is 103 Å². The van der Waals surface area contributed by atoms with Gasteiger partial charge in [-0.1, -0.05) is 11.6 Å². The summed E-state index contributed by atoms with van der Waals surface area (Å²) in [5.74, 6) is -0.531. The van der Waals surface area contributed by atoms with E-state index in [0.29, 0.717) is 17.3 Å². The number of rotatable bonds is 6. The molecule has 0 aliphatic heterocycles. The first-order chi connectivity index (χ1) is 10.5. The van der Waals surface area contributed by atoms with Gasteiger partial charge in [0.1, 0.15) is 10.7 Å². The number of hydrogen-bond acceptors (Lipinski definition) is 5. The Hall–Kier alpha value is -2.61. The van der Waals surface area contributed by atoms with Gasteiger partial charge >= 0.3 is 5.88 Å². The standard InChI is InChI=1S/C13H13ClN4O4/c1-2-17-11(10(14)7-16-17)8-15-12(19)5-3-9-4-6-13(22-9)18(20)21/h3-7H,2,8H2,1H3,(H,15,19)/b5-3+. The van der Waals surface area contributed by atoms with Crippen LogP contribution in [0.3, 0.4) is 0 Å². The van der Waals surface area contributed by atoms with Crippen LogP contribution in [0.2, 0.25) is 5.02 Å². The van der Waals surface area contributed by atoms with Crippen molar-refractivity contribution in [1.29, 1.82) is 0 Å². The van der Waals surface area contributed by atoms with Crippen molar-refractivity contribution in [2.75, 3.05) is 0 Å². The molecule has 8 nitrogen and oxygen atoms in total. The molecule has 0 aliphatic carbocycles. The molecule has 2 heterocycles. The first-order valence-corrected chi connectivity index (χ1v) is 6.79. The van der Waals surface area contributed by atoms with Crippen molar-refractivity contribution < 1.29 is 14.1 Å². The minimum atomic E-state index is -0.648. The first kappa shape index (κ1) is 15.8. The summed E-state index contributed by atoms with van der Waals surface area (Å²) in [7, 11) is 0. The SMILES string of the molecule is CCn1ncc(Cl)c1CNC(=O)/C=C/c1ccc([N+](=O)[O-])o1. The van der Waals surface area contributed by atoms with Crippen LogP contribution in [0.25, 0.3) is 6.08 Å². The molecule has 0 bridgehead atoms. The Bertz CT molecular complexity index is 719. The van der Waals surface area contributed by atoms with Crippen LogP contribution in [0.5, 0.6) is 0 Å². The number of halogens is 1. The van der Waals surface area contributed by atoms with E-state index in [1.807, 2.05) is 6.92 Å². The number of furan rings is 1. The summed E-state index contributed by atoms with van der Waals surface area (Å²) in [5, 5.41) is 17.7. The van der Waals surface area contributed by atoms with Gasteiger partial charge in [0.15, 0.2) is 0 Å². The molecule has 0 spiro atoms. The molecule has 1 amide bonds. The largest absolute Gasteiger partial charge is 0.433 e. The van der Waals surface area contributed by atoms with Crippen molar-refractivity contribution in [2.24, 2.45) is 0 Å². The highest BCUT2D eigenvalue weighted by atomic mass is 35.5. The predicted molar refractivity (Wildman–Crippen MR) is 79.2 cm³/mol. The summed E-state index contributed by atoms with van der Waals surface area (Å²) in [5.41, 5.74) is 0.708. The average molecular weight is 325 g/mol. The number of nitrogens with zero attached hydrogens (tertiary/aromatic N) is 3. The number of nitro groups is 1. The summed E-state index contributed by atoms with van der Waals surface area (Å²) in [6, 6.07) is 2.63. The number of carbonyl (C=O) groups is 1. The molecule has 2 rings (SSSR count). The third-order valence-electron chi connectivity index (χ3n) is 2.82. The summed E-state index contributed by atoms with van der Waals surface area (Å²) in [6.07, 6.45) is 4.09. The Morgan fingerprint density at radius 3 is 3.00 bits per heavy atom. The maximum Gasteiger partial charge on any atom is 0.433 e. The lowest BCUT2D eigenvalue weighted by atomic mass is 10.3. The summed E-state index contributed by atoms with van der Waals surface area (Å²) >= 11 is 5.98. The minimum absolute atomic E-state index is 0.221. The molecule has 0 radical (unpaired) electrons. The van der Waals surface area contributed by atoms with Crippen LogP contribution in [-0.2, 0) is 17.9 Å². The van der Waals surface area contributed by atoms with Gasteiger partial charge in [-0.05, 0) is 19.1 Å². The van der Waals surface area contributed by atoms with Crippen LogP contribution in [0.15, 0.2) is 28.8 Å². The number of nitrogens with one attached hydrogen (secondary N) is 1. The zero-order valence-corrected chi connectivity index (χ0v) is 12.4. The molecule has 0 aromatic carbocycles. The number of hydrogen-bond donors (Lipinski definition) is 1. The van der Waals surface area contributed by atoms with Gasteiger partial charge in [0.05, 0.1) is 29.5 Å². The maximum absolute atomic E-state index is 11.7. The number of amides is 1. The molecule has 116 valence electrons. The molecule has 0 saturated heterocycles. The van der Waals surface area contributed by atoms with Crippen LogP contribution in [0.1, 0.15) is 18.4 Å². The second-order valence-electron chi connectivity index (χ2n) is 4.24. The van der Waals surface area contributed by atoms with E-state index >= 15 is 0 Å². The molecule has 2 aromatic rings. The van der Waals surface area contributed by atoms with Crippen molar-refractivity contribution in [3.63, 3.8) is 0 Å². The van der Waals surface area contributed by atoms with Gasteiger partial charge in [0.2, 0.25) is 5.91 Å². The van der Waals surface area contributed by atoms with Gasteiger partial charge < -0.3 is 9.73 Å². The van der Waals surface area contributed by atoms with Gasteiger partial charge in [-0.2, -0.15) is 5.10 Å². The van der Waals surface area contributed by atoms with E-state index in [-0.39, 0.29) is 24.1 Å². The molecule has 9 heteroatoms. The van der Waals surface area contributed by atoms with Crippen molar-refractivity contribution in [3.05, 3.63) is 51.0 Å². The second kappa shape index (κ2) is 6.90. The fourth-order valence-corrected chi connectivity index (χ4v) is 1.96. The van der Waals surface area contributed by atoms with E-state index in [2.05, 4.69) is 10.4 Å². The highest BCUT2D eigenvalue weighted by molar-refractivity contribution is 6.31. The second-order valence-corrected chi connectivity index (χ2v) is 4.65. The molecule has 0 aliphatic rings. The lowest BCUT2D eigenvalue weighted by Gasteiger charge is -2.05. The van der Waals surface area contributed by atoms with Gasteiger partial charge in [-0.3, -0.25) is 19.6 Å². The molecule has 1 N–H and O–H groups in total. The molecule has 0 atom stereocenters. The lowest BCUT2D eigenvalue weighted by Crippen LogP contribution is -2.22. The van der Waals surface area contributed by atoms with Crippen molar-refractivity contribution in [1.82, 2.24) is 15.1 Å². The number of aromatic nitrogens is 2. The molecular formula is C13H13ClN4O4. The van der Waals surface area contributed by atoms with Crippen molar-refractivity contribution in [3.8, 4) is 0 Å². The third-order valence-corrected chi connectivity index (χ3v) is 3.13. The Balaban J connectivity index is 1.93. The summed E-state index contributed by atoms with van der Waals surface area (Å²) in [4.78, 5) is 21.5. The van der Waals surface area contributed by atoms with E-state index in [1.165, 1.54) is 30.5 Å². The van der Waals surface area contributed by atoms with Crippen molar-refractivity contribution in [2.45, 2.75) is 20.0 Å². The molecular weight excluding hydrogens is 312 g/mol. The predicted octanol–water partition coefficient (Wildman–Crippen LogP) is 2.39. The zero-order chi connectivity index (χ0) is 16.1. The van der Waals surface area contributed by atoms with Gasteiger partial charge in [0, 0.05) is 12.6 Å². The Morgan fingerprint density at radius 2 is 2.36 bits per heavy atom. The van der Waals surface area contributed by atoms with E-state index in [9.17, 15) is 14.9 Å². The maximum atomic E-state index is 11.7. The third kappa shape index (κ3) is 3.73. The Kier molecular flexibility index (Phi) is 4.95. The minimum Gasteiger partial charge on any atom is -0.401 e. The van der Waals surface area contributed by atoms with Gasteiger partial charge in [-0.25, -0.2) is 0 Å². The van der Waals surface area contributed by atoms with E-state index in [1.54, 1.807) is 4.68 Å². The van der Waals surface area contributed by atoms with E-state index in [0.717, 1.165) is 0 Å². The molecule has 2 aromatic heterocycles. The molecule has 0 fully saturated rings. The Morgan fingerprint density at radius 1 is 1.59 bits per heavy atom. The molecule has 22 heavy (non-hydrogen) atoms. The average Bonchev–Trinajstić information content (AvgIpc) is 3.09. The van der Waals surface area contributed by atoms with Gasteiger partial charge in [-0.15, -0.1) is 0 Å². The quantitative estimate of drug-likeness (QED) is 0.499. The van der Waals surface area contributed by atoms with Crippen molar-refractivity contribution >= 4 is 29.5 Å². The fourth-order valence-electron chi connectivity index (χ4n) is 1.75. The van der Waals surface area contributed by atoms with E-state index in [4.69, 9.17) is 16.0 Å². The lowest BCUT2D eigenvalue weighted by molar-refractivity contribution is -0.402. The molecule has 0 saturated carbocycles. The monoisotopic (exact) mass is 324 g/mol. The first-order valence-electron chi connectivity index (χ1n) is 6.41. The highest BCUT2D eigenvalue weighted by Crippen LogP contribution is 2.17. The number of aryl methyl sites for hydroxylation is 1. The number of carbonyl (C=O) groups excluding carboxylic acids is 1.